The molecule has 20 heavy (non-hydrogen) atoms. The second-order valence-electron chi connectivity index (χ2n) is 3.52. The van der Waals surface area contributed by atoms with Crippen molar-refractivity contribution < 1.29 is 0 Å². The van der Waals surface area contributed by atoms with Crippen LogP contribution in [0.1, 0.15) is 9.75 Å². The van der Waals surface area contributed by atoms with Crippen LogP contribution in [0.25, 0.3) is 0 Å². The number of hydrazone groups is 2. The molecule has 8 heteroatoms. The minimum absolute atomic E-state index is 0.152. The number of hydrogen-bond acceptors (Lipinski definition) is 6. The Morgan fingerprint density at radius 1 is 0.900 bits per heavy atom. The van der Waals surface area contributed by atoms with Crippen molar-refractivity contribution in [2.75, 3.05) is 0 Å². The number of thiophene rings is 2. The Bertz CT molecular complexity index is 556. The van der Waals surface area contributed by atoms with Crippen molar-refractivity contribution in [3.8, 4) is 0 Å². The molecule has 0 aliphatic rings. The van der Waals surface area contributed by atoms with Gasteiger partial charge < -0.3 is 0 Å². The SMILES string of the molecule is N=C(N/N=C/c1cccs1)C(=N)N/N=C/c1cccs1. The first-order valence-electron chi connectivity index (χ1n) is 5.58. The second kappa shape index (κ2) is 7.31. The summed E-state index contributed by atoms with van der Waals surface area (Å²) in [6.07, 6.45) is 3.20. The Morgan fingerprint density at radius 3 is 1.70 bits per heavy atom. The van der Waals surface area contributed by atoms with Crippen molar-refractivity contribution in [3.63, 3.8) is 0 Å². The van der Waals surface area contributed by atoms with Crippen molar-refractivity contribution in [2.45, 2.75) is 0 Å². The Balaban J connectivity index is 1.76. The lowest BCUT2D eigenvalue weighted by Gasteiger charge is -2.02. The van der Waals surface area contributed by atoms with Crippen molar-refractivity contribution >= 4 is 46.8 Å². The third kappa shape index (κ3) is 4.41. The number of nitrogens with zero attached hydrogens (tertiary/aromatic N) is 2. The average Bonchev–Trinajstić information content (AvgIpc) is 3.11. The molecule has 6 nitrogen and oxygen atoms in total. The van der Waals surface area contributed by atoms with Crippen molar-refractivity contribution in [1.82, 2.24) is 10.9 Å². The van der Waals surface area contributed by atoms with Gasteiger partial charge in [0.2, 0.25) is 0 Å². The molecule has 0 saturated heterocycles. The van der Waals surface area contributed by atoms with Crippen molar-refractivity contribution in [3.05, 3.63) is 44.8 Å². The van der Waals surface area contributed by atoms with E-state index in [1.165, 1.54) is 0 Å². The van der Waals surface area contributed by atoms with Gasteiger partial charge in [-0.15, -0.1) is 22.7 Å². The van der Waals surface area contributed by atoms with E-state index in [0.717, 1.165) is 9.75 Å². The zero-order valence-electron chi connectivity index (χ0n) is 10.3. The van der Waals surface area contributed by atoms with E-state index < -0.39 is 0 Å². The largest absolute Gasteiger partial charge is 0.280 e. The molecule has 2 heterocycles. The number of amidine groups is 2. The molecule has 0 unspecified atom stereocenters. The van der Waals surface area contributed by atoms with Crippen LogP contribution in [0, 0.1) is 10.8 Å². The van der Waals surface area contributed by atoms with Gasteiger partial charge in [0.15, 0.2) is 11.7 Å². The van der Waals surface area contributed by atoms with Gasteiger partial charge >= 0.3 is 0 Å². The molecule has 2 rings (SSSR count). The summed E-state index contributed by atoms with van der Waals surface area (Å²) < 4.78 is 0. The topological polar surface area (TPSA) is 96.5 Å². The molecular formula is C12H12N6S2. The summed E-state index contributed by atoms with van der Waals surface area (Å²) in [5.41, 5.74) is 4.93. The fraction of sp³-hybridized carbons (Fsp3) is 0. The van der Waals surface area contributed by atoms with Crippen LogP contribution in [0.3, 0.4) is 0 Å². The van der Waals surface area contributed by atoms with Gasteiger partial charge in [0.1, 0.15) is 0 Å². The predicted molar refractivity (Wildman–Crippen MR) is 85.6 cm³/mol. The molecule has 0 bridgehead atoms. The minimum atomic E-state index is -0.152. The van der Waals surface area contributed by atoms with E-state index in [0.29, 0.717) is 0 Å². The van der Waals surface area contributed by atoms with Crippen LogP contribution in [-0.2, 0) is 0 Å². The van der Waals surface area contributed by atoms with Gasteiger partial charge in [-0.05, 0) is 22.9 Å². The molecule has 0 aliphatic heterocycles. The summed E-state index contributed by atoms with van der Waals surface area (Å²) in [5, 5.41) is 26.8. The number of nitrogens with one attached hydrogen (secondary N) is 4. The smallest absolute Gasteiger partial charge is 0.183 e. The molecule has 2 aromatic rings. The standard InChI is InChI=1S/C12H12N6S2/c13-11(17-15-7-9-3-1-5-19-9)12(14)18-16-8-10-4-2-6-20-10/h1-8H,(H2,13,17)(H2,14,18)/b15-7+,16-8+. The van der Waals surface area contributed by atoms with Gasteiger partial charge in [-0.2, -0.15) is 10.2 Å². The summed E-state index contributed by atoms with van der Waals surface area (Å²) in [6, 6.07) is 7.66. The maximum absolute atomic E-state index is 7.60. The van der Waals surface area contributed by atoms with Crippen LogP contribution in [0.5, 0.6) is 0 Å². The van der Waals surface area contributed by atoms with Crippen LogP contribution in [0.4, 0.5) is 0 Å². The molecule has 0 atom stereocenters. The fourth-order valence-corrected chi connectivity index (χ4v) is 2.33. The van der Waals surface area contributed by atoms with Gasteiger partial charge in [0.05, 0.1) is 12.4 Å². The summed E-state index contributed by atoms with van der Waals surface area (Å²) in [5.74, 6) is -0.303. The zero-order chi connectivity index (χ0) is 14.2. The first-order valence-corrected chi connectivity index (χ1v) is 7.34. The molecule has 0 radical (unpaired) electrons. The third-order valence-corrected chi connectivity index (χ3v) is 3.69. The van der Waals surface area contributed by atoms with Gasteiger partial charge in [0, 0.05) is 9.75 Å². The summed E-state index contributed by atoms with van der Waals surface area (Å²) >= 11 is 3.09. The summed E-state index contributed by atoms with van der Waals surface area (Å²) in [4.78, 5) is 1.95. The van der Waals surface area contributed by atoms with Crippen molar-refractivity contribution in [1.29, 1.82) is 10.8 Å². The highest BCUT2D eigenvalue weighted by molar-refractivity contribution is 7.12. The highest BCUT2D eigenvalue weighted by Crippen LogP contribution is 2.04. The molecule has 102 valence electrons. The lowest BCUT2D eigenvalue weighted by Crippen LogP contribution is -2.34. The molecule has 4 N–H and O–H groups in total. The van der Waals surface area contributed by atoms with E-state index in [-0.39, 0.29) is 11.7 Å². The summed E-state index contributed by atoms with van der Waals surface area (Å²) in [6.45, 7) is 0. The van der Waals surface area contributed by atoms with Gasteiger partial charge in [-0.25, -0.2) is 0 Å². The Labute approximate surface area is 123 Å². The van der Waals surface area contributed by atoms with E-state index in [9.17, 15) is 0 Å². The molecule has 0 aliphatic carbocycles. The first kappa shape index (κ1) is 14.1. The monoisotopic (exact) mass is 304 g/mol. The maximum atomic E-state index is 7.60. The first-order chi connectivity index (χ1) is 9.75. The van der Waals surface area contributed by atoms with E-state index in [2.05, 4.69) is 21.1 Å². The molecule has 0 spiro atoms. The number of rotatable bonds is 4. The Kier molecular flexibility index (Phi) is 5.15. The highest BCUT2D eigenvalue weighted by Gasteiger charge is 2.01. The molecule has 0 fully saturated rings. The van der Waals surface area contributed by atoms with E-state index in [1.54, 1.807) is 35.1 Å². The zero-order valence-corrected chi connectivity index (χ0v) is 12.0. The van der Waals surface area contributed by atoms with E-state index in [4.69, 9.17) is 10.8 Å². The Morgan fingerprint density at radius 2 is 1.35 bits per heavy atom. The highest BCUT2D eigenvalue weighted by atomic mass is 32.1. The van der Waals surface area contributed by atoms with Gasteiger partial charge in [-0.3, -0.25) is 21.7 Å². The van der Waals surface area contributed by atoms with Crippen molar-refractivity contribution in [2.24, 2.45) is 10.2 Å². The van der Waals surface area contributed by atoms with Gasteiger partial charge in [-0.1, -0.05) is 12.1 Å². The molecular weight excluding hydrogens is 292 g/mol. The van der Waals surface area contributed by atoms with Crippen LogP contribution < -0.4 is 10.9 Å². The Hall–Kier alpha value is -2.32. The quantitative estimate of drug-likeness (QED) is 0.396. The fourth-order valence-electron chi connectivity index (χ4n) is 1.16. The van der Waals surface area contributed by atoms with E-state index >= 15 is 0 Å². The van der Waals surface area contributed by atoms with Gasteiger partial charge in [0.25, 0.3) is 0 Å². The lowest BCUT2D eigenvalue weighted by atomic mass is 10.5. The molecule has 0 saturated carbocycles. The third-order valence-electron chi connectivity index (χ3n) is 2.07. The lowest BCUT2D eigenvalue weighted by molar-refractivity contribution is 0.985. The molecule has 0 amide bonds. The normalized spacial score (nSPS) is 11.0. The maximum Gasteiger partial charge on any atom is 0.183 e. The minimum Gasteiger partial charge on any atom is -0.280 e. The number of hydrogen-bond donors (Lipinski definition) is 4. The van der Waals surface area contributed by atoms with Crippen LogP contribution in [0.2, 0.25) is 0 Å². The van der Waals surface area contributed by atoms with Crippen LogP contribution >= 0.6 is 22.7 Å². The average molecular weight is 304 g/mol. The van der Waals surface area contributed by atoms with E-state index in [1.807, 2.05) is 35.0 Å². The van der Waals surface area contributed by atoms with Crippen LogP contribution in [-0.4, -0.2) is 24.1 Å². The van der Waals surface area contributed by atoms with Crippen LogP contribution in [0.15, 0.2) is 45.2 Å². The molecule has 2 aromatic heterocycles. The predicted octanol–water partition coefficient (Wildman–Crippen LogP) is 2.31. The second-order valence-corrected chi connectivity index (χ2v) is 5.48. The molecule has 0 aromatic carbocycles. The summed E-state index contributed by atoms with van der Waals surface area (Å²) in [7, 11) is 0.